The highest BCUT2D eigenvalue weighted by Gasteiger charge is 2.12. The normalized spacial score (nSPS) is 11.1. The summed E-state index contributed by atoms with van der Waals surface area (Å²) >= 11 is 0. The lowest BCUT2D eigenvalue weighted by Gasteiger charge is -2.10. The molecule has 361 valence electrons. The summed E-state index contributed by atoms with van der Waals surface area (Å²) in [6.45, 7) is 36.9. The maximum atomic E-state index is 11.8. The van der Waals surface area contributed by atoms with Crippen LogP contribution in [0, 0.1) is 23.7 Å². The Morgan fingerprint density at radius 1 is 0.629 bits per heavy atom. The standard InChI is InChI=1S/C15H22BN2O4.C14H23BN2O3.2C5H13N.4C2H6/c1-3-11(2)10-17-14(19)8-9-15(20)18-12-4-6-13(7-5-12)22-16-21;1-3-11(2)10-16-8-7-14(18)17-13-6-4-5-12(9-13)15(19)20;2*1-3-5(2)4-6;4*1-2/h4-7,11,21H,3,8-10H2,1-2H3,(H,17,19)(H,18,20);4-6,9,11,16,19-20H,3,7-8,10H2,1-2H3,(H,17,18);2*5H,3-4,6H2,1-2H3;4*1-2H3. The van der Waals surface area contributed by atoms with E-state index in [1.807, 2.05) is 55.4 Å². The lowest BCUT2D eigenvalue weighted by Crippen LogP contribution is -2.30. The minimum Gasteiger partial charge on any atom is -0.537 e. The number of benzene rings is 2. The van der Waals surface area contributed by atoms with Gasteiger partial charge in [-0.2, -0.15) is 0 Å². The third-order valence-electron chi connectivity index (χ3n) is 8.64. The molecule has 0 fully saturated rings. The molecule has 4 atom stereocenters. The van der Waals surface area contributed by atoms with Gasteiger partial charge in [-0.1, -0.05) is 149 Å². The molecule has 0 heterocycles. The van der Waals surface area contributed by atoms with Crippen molar-refractivity contribution in [2.75, 3.05) is 43.4 Å². The van der Waals surface area contributed by atoms with E-state index in [1.165, 1.54) is 12.8 Å². The number of carbonyl (C=O) groups excluding carboxylic acids is 3. The van der Waals surface area contributed by atoms with Gasteiger partial charge in [0.05, 0.1) is 0 Å². The van der Waals surface area contributed by atoms with E-state index in [0.717, 1.165) is 32.5 Å². The molecule has 62 heavy (non-hydrogen) atoms. The van der Waals surface area contributed by atoms with Gasteiger partial charge in [0, 0.05) is 43.7 Å². The van der Waals surface area contributed by atoms with Crippen LogP contribution in [0.15, 0.2) is 48.5 Å². The second-order valence-electron chi connectivity index (χ2n) is 13.6. The minimum atomic E-state index is -1.52. The summed E-state index contributed by atoms with van der Waals surface area (Å²) in [7, 11) is -0.935. The van der Waals surface area contributed by atoms with Crippen molar-refractivity contribution >= 4 is 49.4 Å². The van der Waals surface area contributed by atoms with Gasteiger partial charge in [0.2, 0.25) is 17.7 Å². The third kappa shape index (κ3) is 47.6. The van der Waals surface area contributed by atoms with Gasteiger partial charge in [-0.3, -0.25) is 14.4 Å². The van der Waals surface area contributed by atoms with Gasteiger partial charge in [-0.25, -0.2) is 0 Å². The summed E-state index contributed by atoms with van der Waals surface area (Å²) in [6, 6.07) is 13.1. The highest BCUT2D eigenvalue weighted by atomic mass is 16.5. The summed E-state index contributed by atoms with van der Waals surface area (Å²) in [5, 5.41) is 38.1. The molecule has 0 spiro atoms. The summed E-state index contributed by atoms with van der Waals surface area (Å²) < 4.78 is 4.77. The Hall–Kier alpha value is -3.46. The van der Waals surface area contributed by atoms with Gasteiger partial charge in [0.1, 0.15) is 5.75 Å². The Labute approximate surface area is 381 Å². The lowest BCUT2D eigenvalue weighted by molar-refractivity contribution is -0.124. The second kappa shape index (κ2) is 53.7. The third-order valence-corrected chi connectivity index (χ3v) is 8.64. The van der Waals surface area contributed by atoms with Crippen molar-refractivity contribution in [1.82, 2.24) is 10.6 Å². The van der Waals surface area contributed by atoms with Crippen molar-refractivity contribution in [3.8, 4) is 5.75 Å². The van der Waals surface area contributed by atoms with Crippen LogP contribution in [0.1, 0.15) is 156 Å². The highest BCUT2D eigenvalue weighted by molar-refractivity contribution is 6.58. The molecule has 2 aromatic rings. The zero-order valence-electron chi connectivity index (χ0n) is 42.2. The number of nitrogens with two attached hydrogens (primary N) is 2. The molecule has 4 unspecified atom stereocenters. The maximum Gasteiger partial charge on any atom is 0.569 e. The molecule has 0 aliphatic heterocycles. The predicted octanol–water partition coefficient (Wildman–Crippen LogP) is 7.89. The fraction of sp³-hybridized carbons (Fsp3) is 0.681. The van der Waals surface area contributed by atoms with Crippen molar-refractivity contribution in [3.05, 3.63) is 48.5 Å². The van der Waals surface area contributed by atoms with Crippen LogP contribution in [0.25, 0.3) is 0 Å². The molecule has 0 aliphatic rings. The monoisotopic (exact) mass is 878 g/mol. The lowest BCUT2D eigenvalue weighted by atomic mass is 9.80. The van der Waals surface area contributed by atoms with Crippen molar-refractivity contribution in [1.29, 1.82) is 0 Å². The van der Waals surface area contributed by atoms with Crippen LogP contribution in [0.5, 0.6) is 5.75 Å². The van der Waals surface area contributed by atoms with Gasteiger partial charge in [0.25, 0.3) is 0 Å². The number of nitrogens with one attached hydrogen (secondary N) is 4. The quantitative estimate of drug-likeness (QED) is 0.0436. The molecule has 0 bridgehead atoms. The Morgan fingerprint density at radius 3 is 1.48 bits per heavy atom. The van der Waals surface area contributed by atoms with Crippen molar-refractivity contribution < 1.29 is 34.1 Å². The Balaban J connectivity index is -0.000000178. The zero-order chi connectivity index (χ0) is 49.3. The molecule has 15 heteroatoms. The fourth-order valence-corrected chi connectivity index (χ4v) is 3.68. The SMILES string of the molecule is CC.CC.CC.CC.CCC(C)CN.CCC(C)CN.CCC(C)CNC(=O)CCC(=O)Nc1ccc(O[B]O)cc1.CCC(C)CNCCC(=O)Nc1cccc(B(O)O)c1. The molecule has 13 nitrogen and oxygen atoms in total. The van der Waals surface area contributed by atoms with Crippen LogP contribution in [0.4, 0.5) is 11.4 Å². The first kappa shape index (κ1) is 70.2. The van der Waals surface area contributed by atoms with E-state index in [2.05, 4.69) is 76.7 Å². The zero-order valence-corrected chi connectivity index (χ0v) is 42.2. The van der Waals surface area contributed by atoms with Gasteiger partial charge in [-0.05, 0) is 85.2 Å². The molecular formula is C47H95B2N6O7. The van der Waals surface area contributed by atoms with Crippen LogP contribution in [-0.2, 0) is 14.4 Å². The number of anilines is 2. The van der Waals surface area contributed by atoms with E-state index < -0.39 is 7.12 Å². The molecule has 2 rings (SSSR count). The summed E-state index contributed by atoms with van der Waals surface area (Å²) in [6.07, 6.45) is 5.23. The first-order chi connectivity index (χ1) is 29.7. The molecule has 11 N–H and O–H groups in total. The Bertz CT molecular complexity index is 1230. The Morgan fingerprint density at radius 2 is 1.06 bits per heavy atom. The van der Waals surface area contributed by atoms with Crippen LogP contribution in [-0.4, -0.2) is 80.3 Å². The van der Waals surface area contributed by atoms with E-state index in [-0.39, 0.29) is 30.6 Å². The van der Waals surface area contributed by atoms with Crippen molar-refractivity contribution in [2.24, 2.45) is 35.1 Å². The number of carbonyl (C=O) groups is 3. The first-order valence-corrected chi connectivity index (χ1v) is 23.3. The summed E-state index contributed by atoms with van der Waals surface area (Å²) in [4.78, 5) is 35.1. The van der Waals surface area contributed by atoms with Gasteiger partial charge in [-0.15, -0.1) is 0 Å². The van der Waals surface area contributed by atoms with E-state index in [4.69, 9.17) is 31.2 Å². The number of hydrogen-bond donors (Lipinski definition) is 9. The van der Waals surface area contributed by atoms with Crippen LogP contribution in [0.3, 0.4) is 0 Å². The maximum absolute atomic E-state index is 11.8. The number of hydrogen-bond acceptors (Lipinski definition) is 10. The molecular weight excluding hydrogens is 782 g/mol. The van der Waals surface area contributed by atoms with E-state index >= 15 is 0 Å². The average molecular weight is 878 g/mol. The van der Waals surface area contributed by atoms with E-state index in [9.17, 15) is 14.4 Å². The second-order valence-corrected chi connectivity index (χ2v) is 13.6. The largest absolute Gasteiger partial charge is 0.569 e. The van der Waals surface area contributed by atoms with Gasteiger partial charge >= 0.3 is 14.8 Å². The minimum absolute atomic E-state index is 0.0915. The predicted molar refractivity (Wildman–Crippen MR) is 270 cm³/mol. The summed E-state index contributed by atoms with van der Waals surface area (Å²) in [5.74, 6) is 2.51. The molecule has 1 radical (unpaired) electrons. The van der Waals surface area contributed by atoms with Crippen LogP contribution in [0.2, 0.25) is 0 Å². The van der Waals surface area contributed by atoms with Gasteiger partial charge in [0.15, 0.2) is 0 Å². The fourth-order valence-electron chi connectivity index (χ4n) is 3.68. The molecule has 2 aromatic carbocycles. The van der Waals surface area contributed by atoms with Crippen molar-refractivity contribution in [2.45, 2.75) is 156 Å². The first-order valence-electron chi connectivity index (χ1n) is 23.3. The summed E-state index contributed by atoms with van der Waals surface area (Å²) in [5.41, 5.74) is 12.1. The average Bonchev–Trinajstić information content (AvgIpc) is 3.32. The smallest absolute Gasteiger partial charge is 0.537 e. The molecule has 0 saturated heterocycles. The molecule has 0 aromatic heterocycles. The van der Waals surface area contributed by atoms with Crippen LogP contribution < -0.4 is 42.9 Å². The topological polar surface area (TPSA) is 221 Å². The van der Waals surface area contributed by atoms with Crippen LogP contribution >= 0.6 is 0 Å². The highest BCUT2D eigenvalue weighted by Crippen LogP contribution is 2.15. The number of rotatable bonds is 21. The van der Waals surface area contributed by atoms with Crippen molar-refractivity contribution in [3.63, 3.8) is 0 Å². The molecule has 0 saturated carbocycles. The molecule has 0 aliphatic carbocycles. The van der Waals surface area contributed by atoms with Gasteiger partial charge < -0.3 is 52.5 Å². The Kier molecular flexibility index (Phi) is 60.8. The van der Waals surface area contributed by atoms with E-state index in [0.29, 0.717) is 73.5 Å². The van der Waals surface area contributed by atoms with E-state index in [1.54, 1.807) is 48.5 Å². The molecule has 3 amide bonds. The number of amides is 3.